The van der Waals surface area contributed by atoms with Gasteiger partial charge in [-0.2, -0.15) is 0 Å². The van der Waals surface area contributed by atoms with Gasteiger partial charge in [-0.25, -0.2) is 0 Å². The zero-order valence-corrected chi connectivity index (χ0v) is 10.9. The lowest BCUT2D eigenvalue weighted by Crippen LogP contribution is -2.30. The molecule has 0 spiro atoms. The monoisotopic (exact) mass is 236 g/mol. The van der Waals surface area contributed by atoms with Gasteiger partial charge >= 0.3 is 0 Å². The maximum absolute atomic E-state index is 12.3. The fourth-order valence-corrected chi connectivity index (χ4v) is 3.91. The van der Waals surface area contributed by atoms with Gasteiger partial charge in [-0.05, 0) is 44.4 Å². The van der Waals surface area contributed by atoms with Crippen molar-refractivity contribution in [1.29, 1.82) is 0 Å². The van der Waals surface area contributed by atoms with Crippen LogP contribution in [0.3, 0.4) is 0 Å². The summed E-state index contributed by atoms with van der Waals surface area (Å²) in [5.41, 5.74) is 0. The van der Waals surface area contributed by atoms with Crippen molar-refractivity contribution in [1.82, 2.24) is 0 Å². The summed E-state index contributed by atoms with van der Waals surface area (Å²) in [5.74, 6) is 1.67. The Balaban J connectivity index is 2.04. The number of rotatable bonds is 5. The molecule has 0 heterocycles. The number of ketones is 2. The molecule has 2 fully saturated rings. The van der Waals surface area contributed by atoms with Crippen molar-refractivity contribution in [3.05, 3.63) is 0 Å². The first kappa shape index (κ1) is 12.8. The van der Waals surface area contributed by atoms with Crippen LogP contribution in [0.2, 0.25) is 0 Å². The van der Waals surface area contributed by atoms with Gasteiger partial charge in [-0.1, -0.05) is 25.7 Å². The molecular formula is C15H24O2. The van der Waals surface area contributed by atoms with Crippen molar-refractivity contribution >= 4 is 11.6 Å². The van der Waals surface area contributed by atoms with Crippen LogP contribution in [0.1, 0.15) is 64.7 Å². The summed E-state index contributed by atoms with van der Waals surface area (Å²) in [7, 11) is 0. The van der Waals surface area contributed by atoms with E-state index in [-0.39, 0.29) is 23.9 Å². The molecule has 2 heteroatoms. The molecule has 0 radical (unpaired) electrons. The molecule has 0 saturated heterocycles. The van der Waals surface area contributed by atoms with Gasteiger partial charge in [0, 0.05) is 5.92 Å². The SMILES string of the molecule is CC(=O)CC(=O)C(C1CCCC1)C1CCCC1. The van der Waals surface area contributed by atoms with Crippen LogP contribution >= 0.6 is 0 Å². The van der Waals surface area contributed by atoms with Gasteiger partial charge in [0.25, 0.3) is 0 Å². The highest BCUT2D eigenvalue weighted by Gasteiger charge is 2.37. The van der Waals surface area contributed by atoms with Crippen LogP contribution in [0, 0.1) is 17.8 Å². The molecule has 2 aliphatic carbocycles. The molecule has 0 aromatic heterocycles. The summed E-state index contributed by atoms with van der Waals surface area (Å²) in [5, 5.41) is 0. The van der Waals surface area contributed by atoms with Gasteiger partial charge in [-0.3, -0.25) is 9.59 Å². The molecule has 2 rings (SSSR count). The van der Waals surface area contributed by atoms with E-state index in [2.05, 4.69) is 0 Å². The van der Waals surface area contributed by atoms with Gasteiger partial charge in [0.05, 0.1) is 6.42 Å². The lowest BCUT2D eigenvalue weighted by atomic mass is 9.76. The molecule has 0 aliphatic heterocycles. The van der Waals surface area contributed by atoms with Crippen LogP contribution in [0.15, 0.2) is 0 Å². The normalized spacial score (nSPS) is 22.5. The van der Waals surface area contributed by atoms with Crippen molar-refractivity contribution in [2.45, 2.75) is 64.7 Å². The Morgan fingerprint density at radius 1 is 0.941 bits per heavy atom. The van der Waals surface area contributed by atoms with Crippen molar-refractivity contribution in [3.63, 3.8) is 0 Å². The van der Waals surface area contributed by atoms with Gasteiger partial charge in [-0.15, -0.1) is 0 Å². The van der Waals surface area contributed by atoms with Crippen LogP contribution < -0.4 is 0 Å². The van der Waals surface area contributed by atoms with Crippen LogP contribution in [0.5, 0.6) is 0 Å². The first-order chi connectivity index (χ1) is 8.18. The second-order valence-corrected chi connectivity index (χ2v) is 5.96. The Labute approximate surface area is 104 Å². The van der Waals surface area contributed by atoms with E-state index in [4.69, 9.17) is 0 Å². The zero-order chi connectivity index (χ0) is 12.3. The van der Waals surface area contributed by atoms with E-state index >= 15 is 0 Å². The molecule has 2 saturated carbocycles. The molecular weight excluding hydrogens is 212 g/mol. The van der Waals surface area contributed by atoms with Crippen molar-refractivity contribution in [2.24, 2.45) is 17.8 Å². The standard InChI is InChI=1S/C15H24O2/c1-11(16)10-14(17)15(12-6-2-3-7-12)13-8-4-5-9-13/h12-13,15H,2-10H2,1H3. The molecule has 0 aromatic rings. The second-order valence-electron chi connectivity index (χ2n) is 5.96. The average Bonchev–Trinajstić information content (AvgIpc) is 2.88. The third kappa shape index (κ3) is 3.17. The molecule has 0 N–H and O–H groups in total. The topological polar surface area (TPSA) is 34.1 Å². The molecule has 0 atom stereocenters. The fraction of sp³-hybridized carbons (Fsp3) is 0.867. The maximum atomic E-state index is 12.3. The zero-order valence-electron chi connectivity index (χ0n) is 10.9. The average molecular weight is 236 g/mol. The highest BCUT2D eigenvalue weighted by atomic mass is 16.1. The number of Topliss-reactive ketones (excluding diaryl/α,β-unsaturated/α-hetero) is 2. The van der Waals surface area contributed by atoms with Crippen LogP contribution in [0.4, 0.5) is 0 Å². The van der Waals surface area contributed by atoms with E-state index in [0.717, 1.165) is 0 Å². The lowest BCUT2D eigenvalue weighted by Gasteiger charge is -2.27. The van der Waals surface area contributed by atoms with Crippen LogP contribution in [0.25, 0.3) is 0 Å². The molecule has 0 aromatic carbocycles. The van der Waals surface area contributed by atoms with E-state index in [1.165, 1.54) is 58.3 Å². The first-order valence-corrected chi connectivity index (χ1v) is 7.20. The highest BCUT2D eigenvalue weighted by Crippen LogP contribution is 2.42. The highest BCUT2D eigenvalue weighted by molar-refractivity contribution is 5.99. The number of hydrogen-bond acceptors (Lipinski definition) is 2. The number of carbonyl (C=O) groups excluding carboxylic acids is 2. The molecule has 0 bridgehead atoms. The maximum Gasteiger partial charge on any atom is 0.143 e. The predicted octanol–water partition coefficient (Wildman–Crippen LogP) is 3.53. The molecule has 2 aliphatic rings. The van der Waals surface area contributed by atoms with Gasteiger partial charge in [0.1, 0.15) is 11.6 Å². The second kappa shape index (κ2) is 5.79. The summed E-state index contributed by atoms with van der Waals surface area (Å²) >= 11 is 0. The minimum atomic E-state index is 0.0380. The Bertz CT molecular complexity index is 267. The van der Waals surface area contributed by atoms with Crippen LogP contribution in [-0.4, -0.2) is 11.6 Å². The molecule has 17 heavy (non-hydrogen) atoms. The van der Waals surface area contributed by atoms with E-state index in [9.17, 15) is 9.59 Å². The van der Waals surface area contributed by atoms with E-state index in [1.54, 1.807) is 0 Å². The van der Waals surface area contributed by atoms with E-state index in [1.807, 2.05) is 0 Å². The number of carbonyl (C=O) groups is 2. The lowest BCUT2D eigenvalue weighted by molar-refractivity contribution is -0.131. The fourth-order valence-electron chi connectivity index (χ4n) is 3.91. The van der Waals surface area contributed by atoms with Crippen molar-refractivity contribution < 1.29 is 9.59 Å². The first-order valence-electron chi connectivity index (χ1n) is 7.20. The summed E-state index contributed by atoms with van der Waals surface area (Å²) in [4.78, 5) is 23.5. The predicted molar refractivity (Wildman–Crippen MR) is 67.7 cm³/mol. The summed E-state index contributed by atoms with van der Waals surface area (Å²) in [6.07, 6.45) is 10.1. The number of hydrogen-bond donors (Lipinski definition) is 0. The Morgan fingerprint density at radius 3 is 1.71 bits per heavy atom. The third-order valence-corrected chi connectivity index (χ3v) is 4.61. The van der Waals surface area contributed by atoms with Gasteiger partial charge in [0.15, 0.2) is 0 Å². The summed E-state index contributed by atoms with van der Waals surface area (Å²) < 4.78 is 0. The molecule has 96 valence electrons. The van der Waals surface area contributed by atoms with E-state index < -0.39 is 0 Å². The summed E-state index contributed by atoms with van der Waals surface area (Å²) in [6, 6.07) is 0. The van der Waals surface area contributed by atoms with Crippen molar-refractivity contribution in [2.75, 3.05) is 0 Å². The Morgan fingerprint density at radius 2 is 1.35 bits per heavy atom. The third-order valence-electron chi connectivity index (χ3n) is 4.61. The van der Waals surface area contributed by atoms with E-state index in [0.29, 0.717) is 11.8 Å². The Kier molecular flexibility index (Phi) is 4.36. The Hall–Kier alpha value is -0.660. The largest absolute Gasteiger partial charge is 0.300 e. The van der Waals surface area contributed by atoms with Gasteiger partial charge < -0.3 is 0 Å². The minimum absolute atomic E-state index is 0.0380. The molecule has 2 nitrogen and oxygen atoms in total. The molecule has 0 unspecified atom stereocenters. The quantitative estimate of drug-likeness (QED) is 0.684. The summed E-state index contributed by atoms with van der Waals surface area (Å²) in [6.45, 7) is 1.54. The van der Waals surface area contributed by atoms with Crippen LogP contribution in [-0.2, 0) is 9.59 Å². The smallest absolute Gasteiger partial charge is 0.143 e. The molecule has 0 amide bonds. The van der Waals surface area contributed by atoms with Gasteiger partial charge in [0.2, 0.25) is 0 Å². The minimum Gasteiger partial charge on any atom is -0.300 e. The van der Waals surface area contributed by atoms with Crippen molar-refractivity contribution in [3.8, 4) is 0 Å².